The van der Waals surface area contributed by atoms with Crippen LogP contribution in [0.4, 0.5) is 0 Å². The molecule has 0 amide bonds. The van der Waals surface area contributed by atoms with Crippen molar-refractivity contribution >= 4 is 16.5 Å². The van der Waals surface area contributed by atoms with Crippen molar-refractivity contribution in [3.8, 4) is 17.0 Å². The molecule has 0 aliphatic heterocycles. The first kappa shape index (κ1) is 20.9. The van der Waals surface area contributed by atoms with Gasteiger partial charge in [-0.2, -0.15) is 0 Å². The van der Waals surface area contributed by atoms with Crippen molar-refractivity contribution in [1.29, 1.82) is 0 Å². The van der Waals surface area contributed by atoms with E-state index >= 15 is 0 Å². The van der Waals surface area contributed by atoms with Crippen molar-refractivity contribution < 1.29 is 21.8 Å². The smallest absolute Gasteiger partial charge is 0.118 e. The summed E-state index contributed by atoms with van der Waals surface area (Å²) in [4.78, 5) is 4.83. The zero-order valence-corrected chi connectivity index (χ0v) is 17.2. The molecule has 1 heterocycles. The van der Waals surface area contributed by atoms with Crippen LogP contribution in [0.15, 0.2) is 97.1 Å². The normalized spacial score (nSPS) is 13.6. The zero-order chi connectivity index (χ0) is 19.2. The van der Waals surface area contributed by atoms with E-state index in [1.54, 1.807) is 7.11 Å². The van der Waals surface area contributed by atoms with Crippen molar-refractivity contribution in [3.05, 3.63) is 116 Å². The summed E-state index contributed by atoms with van der Waals surface area (Å²) in [5.41, 5.74) is 5.51. The Hall–Kier alpha value is -2.87. The minimum Gasteiger partial charge on any atom is -0.497 e. The van der Waals surface area contributed by atoms with Crippen LogP contribution in [0.3, 0.4) is 0 Å². The van der Waals surface area contributed by atoms with Crippen LogP contribution in [0, 0.1) is 12.8 Å². The maximum Gasteiger partial charge on any atom is 0.118 e. The van der Waals surface area contributed by atoms with Crippen LogP contribution in [0.25, 0.3) is 27.7 Å². The summed E-state index contributed by atoms with van der Waals surface area (Å²) in [5.74, 6) is 0.853. The molecule has 0 spiro atoms. The number of para-hydroxylation sites is 1. The van der Waals surface area contributed by atoms with Crippen molar-refractivity contribution in [2.75, 3.05) is 7.11 Å². The standard InChI is InChI=1S/C21H16NO.C5H5.Fe/c1-23-17-12-10-16(11-13-17)21-14-19(15-6-2-3-7-15)18-8-4-5-9-20(18)22-21;1-2-4-5-3-1;/h2-14H,1H3;1-5H;. The van der Waals surface area contributed by atoms with Gasteiger partial charge in [0.25, 0.3) is 0 Å². The van der Waals surface area contributed by atoms with Crippen LogP contribution < -0.4 is 4.74 Å². The Labute approximate surface area is 182 Å². The molecule has 0 N–H and O–H groups in total. The van der Waals surface area contributed by atoms with Gasteiger partial charge in [-0.1, -0.05) is 60.7 Å². The van der Waals surface area contributed by atoms with Gasteiger partial charge in [0.1, 0.15) is 5.75 Å². The van der Waals surface area contributed by atoms with Crippen LogP contribution >= 0.6 is 0 Å². The third kappa shape index (κ3) is 4.95. The molecule has 144 valence electrons. The molecule has 2 radical (unpaired) electrons. The van der Waals surface area contributed by atoms with Gasteiger partial charge in [-0.05, 0) is 47.5 Å². The SMILES string of the molecule is COc1ccc(-c2cc(C3=C[CH]C=C3)c3ccccc3n2)cc1.[CH]1C=CC=C1.[Fe]. The van der Waals surface area contributed by atoms with E-state index in [1.165, 1.54) is 16.5 Å². The third-order valence-corrected chi connectivity index (χ3v) is 4.63. The topological polar surface area (TPSA) is 22.1 Å². The second kappa shape index (κ2) is 10.1. The van der Waals surface area contributed by atoms with Crippen LogP contribution in [-0.2, 0) is 17.1 Å². The van der Waals surface area contributed by atoms with E-state index in [2.05, 4.69) is 48.9 Å². The van der Waals surface area contributed by atoms with Gasteiger partial charge in [-0.3, -0.25) is 0 Å². The second-order valence-electron chi connectivity index (χ2n) is 6.44. The quantitative estimate of drug-likeness (QED) is 0.460. The first-order valence-corrected chi connectivity index (χ1v) is 9.28. The van der Waals surface area contributed by atoms with E-state index in [1.807, 2.05) is 61.1 Å². The van der Waals surface area contributed by atoms with Gasteiger partial charge in [0.15, 0.2) is 0 Å². The first-order chi connectivity index (χ1) is 13.8. The minimum absolute atomic E-state index is 0. The fourth-order valence-electron chi connectivity index (χ4n) is 3.20. The van der Waals surface area contributed by atoms with Gasteiger partial charge < -0.3 is 4.74 Å². The van der Waals surface area contributed by atoms with Crippen molar-refractivity contribution in [3.63, 3.8) is 0 Å². The van der Waals surface area contributed by atoms with Gasteiger partial charge in [0, 0.05) is 40.9 Å². The molecule has 0 saturated carbocycles. The molecular formula is C26H21FeNO. The van der Waals surface area contributed by atoms with Crippen LogP contribution in [0.2, 0.25) is 0 Å². The van der Waals surface area contributed by atoms with Gasteiger partial charge in [-0.25, -0.2) is 4.98 Å². The van der Waals surface area contributed by atoms with E-state index in [4.69, 9.17) is 9.72 Å². The Morgan fingerprint density at radius 1 is 0.793 bits per heavy atom. The maximum atomic E-state index is 5.24. The van der Waals surface area contributed by atoms with E-state index in [0.29, 0.717) is 0 Å². The summed E-state index contributed by atoms with van der Waals surface area (Å²) in [6.07, 6.45) is 18.4. The molecule has 0 saturated heterocycles. The number of hydrogen-bond donors (Lipinski definition) is 0. The molecule has 2 aliphatic carbocycles. The summed E-state index contributed by atoms with van der Waals surface area (Å²) in [5, 5.41) is 1.18. The van der Waals surface area contributed by atoms with Crippen molar-refractivity contribution in [1.82, 2.24) is 4.98 Å². The van der Waals surface area contributed by atoms with E-state index < -0.39 is 0 Å². The van der Waals surface area contributed by atoms with Crippen molar-refractivity contribution in [2.24, 2.45) is 0 Å². The fourth-order valence-corrected chi connectivity index (χ4v) is 3.20. The predicted octanol–water partition coefficient (Wildman–Crippen LogP) is 6.38. The molecule has 1 aromatic heterocycles. The van der Waals surface area contributed by atoms with Gasteiger partial charge in [0.2, 0.25) is 0 Å². The van der Waals surface area contributed by atoms with Crippen LogP contribution in [-0.4, -0.2) is 12.1 Å². The Bertz CT molecular complexity index is 1080. The van der Waals surface area contributed by atoms with Gasteiger partial charge in [-0.15, -0.1) is 0 Å². The number of ether oxygens (including phenoxy) is 1. The summed E-state index contributed by atoms with van der Waals surface area (Å²) in [6, 6.07) is 18.5. The largest absolute Gasteiger partial charge is 0.497 e. The summed E-state index contributed by atoms with van der Waals surface area (Å²) < 4.78 is 5.24. The summed E-state index contributed by atoms with van der Waals surface area (Å²) >= 11 is 0. The summed E-state index contributed by atoms with van der Waals surface area (Å²) in [6.45, 7) is 0. The number of benzene rings is 2. The minimum atomic E-state index is 0. The van der Waals surface area contributed by atoms with E-state index in [9.17, 15) is 0 Å². The summed E-state index contributed by atoms with van der Waals surface area (Å²) in [7, 11) is 1.68. The first-order valence-electron chi connectivity index (χ1n) is 9.28. The molecule has 2 aliphatic rings. The molecule has 3 aromatic rings. The Kier molecular flexibility index (Phi) is 7.24. The average molecular weight is 419 g/mol. The predicted molar refractivity (Wildman–Crippen MR) is 118 cm³/mol. The zero-order valence-electron chi connectivity index (χ0n) is 16.1. The molecular weight excluding hydrogens is 398 g/mol. The molecule has 0 fully saturated rings. The van der Waals surface area contributed by atoms with Crippen molar-refractivity contribution in [2.45, 2.75) is 0 Å². The Balaban J connectivity index is 0.000000352. The number of pyridine rings is 1. The molecule has 2 aromatic carbocycles. The molecule has 3 heteroatoms. The monoisotopic (exact) mass is 419 g/mol. The van der Waals surface area contributed by atoms with Crippen LogP contribution in [0.1, 0.15) is 5.56 Å². The fraction of sp³-hybridized carbons (Fsp3) is 0.0385. The second-order valence-corrected chi connectivity index (χ2v) is 6.44. The Morgan fingerprint density at radius 2 is 1.55 bits per heavy atom. The molecule has 0 unspecified atom stereocenters. The van der Waals surface area contributed by atoms with E-state index in [0.717, 1.165) is 22.5 Å². The number of rotatable bonds is 3. The number of nitrogens with zero attached hydrogens (tertiary/aromatic N) is 1. The molecule has 2 nitrogen and oxygen atoms in total. The number of hydrogen-bond acceptors (Lipinski definition) is 2. The molecule has 0 bridgehead atoms. The van der Waals surface area contributed by atoms with Crippen LogP contribution in [0.5, 0.6) is 5.75 Å². The van der Waals surface area contributed by atoms with Gasteiger partial charge in [0.05, 0.1) is 18.3 Å². The number of allylic oxidation sites excluding steroid dienone is 8. The molecule has 0 atom stereocenters. The molecule has 29 heavy (non-hydrogen) atoms. The average Bonchev–Trinajstić information content (AvgIpc) is 3.50. The van der Waals surface area contributed by atoms with Gasteiger partial charge >= 0.3 is 0 Å². The molecule has 5 rings (SSSR count). The van der Waals surface area contributed by atoms with E-state index in [-0.39, 0.29) is 17.1 Å². The Morgan fingerprint density at radius 3 is 2.17 bits per heavy atom. The number of methoxy groups -OCH3 is 1. The third-order valence-electron chi connectivity index (χ3n) is 4.63. The number of aromatic nitrogens is 1. The maximum absolute atomic E-state index is 5.24. The number of fused-ring (bicyclic) bond motifs is 1.